The van der Waals surface area contributed by atoms with E-state index in [0.29, 0.717) is 22.3 Å². The zero-order valence-corrected chi connectivity index (χ0v) is 11.8. The molecule has 3 heteroatoms. The van der Waals surface area contributed by atoms with Crippen molar-refractivity contribution in [3.63, 3.8) is 0 Å². The van der Waals surface area contributed by atoms with Crippen molar-refractivity contribution in [3.8, 4) is 11.1 Å². The second-order valence-corrected chi connectivity index (χ2v) is 4.99. The average molecular weight is 288 g/mol. The van der Waals surface area contributed by atoms with Gasteiger partial charge >= 0.3 is 0 Å². The van der Waals surface area contributed by atoms with Crippen molar-refractivity contribution in [3.05, 3.63) is 84.0 Å². The van der Waals surface area contributed by atoms with Crippen molar-refractivity contribution in [1.29, 1.82) is 0 Å². The number of fused-ring (bicyclic) bond motifs is 3. The molecule has 0 N–H and O–H groups in total. The molecule has 0 aromatic heterocycles. The Morgan fingerprint density at radius 1 is 0.727 bits per heavy atom. The number of hydrogen-bond acceptors (Lipinski definition) is 3. The van der Waals surface area contributed by atoms with E-state index in [1.54, 1.807) is 36.4 Å². The van der Waals surface area contributed by atoms with Gasteiger partial charge in [-0.1, -0.05) is 37.4 Å². The molecule has 106 valence electrons. The van der Waals surface area contributed by atoms with E-state index in [1.165, 1.54) is 12.2 Å². The predicted octanol–water partition coefficient (Wildman–Crippen LogP) is 3.64. The molecule has 0 saturated carbocycles. The molecule has 0 bridgehead atoms. The molecule has 22 heavy (non-hydrogen) atoms. The normalized spacial score (nSPS) is 11.5. The molecule has 0 heterocycles. The van der Waals surface area contributed by atoms with Gasteiger partial charge in [0.1, 0.15) is 0 Å². The summed E-state index contributed by atoms with van der Waals surface area (Å²) >= 11 is 0. The standard InChI is InChI=1S/C19H12O3/c1-3-17(20)11-5-7-13-14-8-6-12(18(21)4-2)10-16(14)19(22)15(13)9-11/h3-10H,1-2H2. The smallest absolute Gasteiger partial charge is 0.194 e. The number of allylic oxidation sites excluding steroid dienone is 2. The lowest BCUT2D eigenvalue weighted by atomic mass is 10.0. The van der Waals surface area contributed by atoms with Gasteiger partial charge in [-0.15, -0.1) is 0 Å². The van der Waals surface area contributed by atoms with E-state index in [9.17, 15) is 14.4 Å². The molecule has 0 atom stereocenters. The lowest BCUT2D eigenvalue weighted by Crippen LogP contribution is -2.01. The van der Waals surface area contributed by atoms with Gasteiger partial charge in [-0.3, -0.25) is 14.4 Å². The van der Waals surface area contributed by atoms with Crippen LogP contribution in [0.25, 0.3) is 11.1 Å². The van der Waals surface area contributed by atoms with E-state index in [0.717, 1.165) is 11.1 Å². The van der Waals surface area contributed by atoms with Crippen LogP contribution >= 0.6 is 0 Å². The summed E-state index contributed by atoms with van der Waals surface area (Å²) in [6, 6.07) is 10.0. The Bertz CT molecular complexity index is 801. The van der Waals surface area contributed by atoms with E-state index in [2.05, 4.69) is 13.2 Å². The van der Waals surface area contributed by atoms with Gasteiger partial charge in [-0.2, -0.15) is 0 Å². The topological polar surface area (TPSA) is 51.2 Å². The number of hydrogen-bond donors (Lipinski definition) is 0. The first-order chi connectivity index (χ1) is 10.6. The first-order valence-corrected chi connectivity index (χ1v) is 6.73. The maximum absolute atomic E-state index is 12.5. The lowest BCUT2D eigenvalue weighted by molar-refractivity contribution is 0.103. The average Bonchev–Trinajstić information content (AvgIpc) is 2.85. The second-order valence-electron chi connectivity index (χ2n) is 4.99. The zero-order chi connectivity index (χ0) is 15.9. The van der Waals surface area contributed by atoms with Crippen LogP contribution in [-0.2, 0) is 0 Å². The zero-order valence-electron chi connectivity index (χ0n) is 11.8. The summed E-state index contributed by atoms with van der Waals surface area (Å²) in [5.41, 5.74) is 3.36. The molecular weight excluding hydrogens is 276 g/mol. The summed E-state index contributed by atoms with van der Waals surface area (Å²) in [5, 5.41) is 0. The molecule has 0 spiro atoms. The molecule has 0 fully saturated rings. The molecule has 0 saturated heterocycles. The largest absolute Gasteiger partial charge is 0.289 e. The maximum atomic E-state index is 12.5. The van der Waals surface area contributed by atoms with Gasteiger partial charge in [0, 0.05) is 22.3 Å². The van der Waals surface area contributed by atoms with Crippen LogP contribution in [0, 0.1) is 0 Å². The lowest BCUT2D eigenvalue weighted by Gasteiger charge is -2.02. The maximum Gasteiger partial charge on any atom is 0.194 e. The minimum Gasteiger partial charge on any atom is -0.289 e. The summed E-state index contributed by atoms with van der Waals surface area (Å²) in [6.45, 7) is 6.90. The summed E-state index contributed by atoms with van der Waals surface area (Å²) in [7, 11) is 0. The Morgan fingerprint density at radius 2 is 1.14 bits per heavy atom. The van der Waals surface area contributed by atoms with E-state index >= 15 is 0 Å². The Morgan fingerprint density at radius 3 is 1.50 bits per heavy atom. The van der Waals surface area contributed by atoms with Crippen molar-refractivity contribution in [2.24, 2.45) is 0 Å². The van der Waals surface area contributed by atoms with E-state index in [4.69, 9.17) is 0 Å². The third-order valence-electron chi connectivity index (χ3n) is 3.76. The number of carbonyl (C=O) groups excluding carboxylic acids is 3. The quantitative estimate of drug-likeness (QED) is 0.544. The fourth-order valence-electron chi connectivity index (χ4n) is 2.62. The van der Waals surface area contributed by atoms with Crippen LogP contribution in [-0.4, -0.2) is 17.3 Å². The molecule has 2 aromatic carbocycles. The molecule has 1 aliphatic rings. The Balaban J connectivity index is 2.15. The third-order valence-corrected chi connectivity index (χ3v) is 3.76. The van der Waals surface area contributed by atoms with Crippen molar-refractivity contribution >= 4 is 17.3 Å². The number of benzene rings is 2. The molecule has 0 aliphatic heterocycles. The van der Waals surface area contributed by atoms with Gasteiger partial charge in [0.25, 0.3) is 0 Å². The Hall–Kier alpha value is -3.07. The van der Waals surface area contributed by atoms with Crippen LogP contribution in [0.3, 0.4) is 0 Å². The summed E-state index contributed by atoms with van der Waals surface area (Å²) in [6.07, 6.45) is 2.43. The van der Waals surface area contributed by atoms with Gasteiger partial charge in [0.05, 0.1) is 0 Å². The van der Waals surface area contributed by atoms with Crippen molar-refractivity contribution in [2.75, 3.05) is 0 Å². The molecule has 2 aromatic rings. The SMILES string of the molecule is C=CC(=O)c1ccc2c(c1)C(=O)c1cc(C(=O)C=C)ccc1-2. The monoisotopic (exact) mass is 288 g/mol. The first-order valence-electron chi connectivity index (χ1n) is 6.73. The van der Waals surface area contributed by atoms with Gasteiger partial charge in [-0.25, -0.2) is 0 Å². The van der Waals surface area contributed by atoms with E-state index in [-0.39, 0.29) is 17.3 Å². The highest BCUT2D eigenvalue weighted by Crippen LogP contribution is 2.37. The van der Waals surface area contributed by atoms with Crippen molar-refractivity contribution in [1.82, 2.24) is 0 Å². The number of carbonyl (C=O) groups is 3. The molecule has 0 amide bonds. The highest BCUT2D eigenvalue weighted by atomic mass is 16.1. The van der Waals surface area contributed by atoms with Gasteiger partial charge < -0.3 is 0 Å². The molecular formula is C19H12O3. The van der Waals surface area contributed by atoms with Crippen LogP contribution in [0.2, 0.25) is 0 Å². The Kier molecular flexibility index (Phi) is 3.18. The highest BCUT2D eigenvalue weighted by Gasteiger charge is 2.28. The minimum absolute atomic E-state index is 0.178. The van der Waals surface area contributed by atoms with Crippen LogP contribution in [0.5, 0.6) is 0 Å². The van der Waals surface area contributed by atoms with Gasteiger partial charge in [-0.05, 0) is 35.4 Å². The summed E-state index contributed by atoms with van der Waals surface area (Å²) < 4.78 is 0. The van der Waals surface area contributed by atoms with Crippen LogP contribution in [0.1, 0.15) is 36.6 Å². The van der Waals surface area contributed by atoms with Crippen LogP contribution in [0.15, 0.2) is 61.7 Å². The van der Waals surface area contributed by atoms with E-state index < -0.39 is 0 Å². The number of ketones is 3. The number of rotatable bonds is 4. The fraction of sp³-hybridized carbons (Fsp3) is 0. The van der Waals surface area contributed by atoms with Crippen LogP contribution in [0.4, 0.5) is 0 Å². The van der Waals surface area contributed by atoms with Crippen LogP contribution < -0.4 is 0 Å². The highest BCUT2D eigenvalue weighted by molar-refractivity contribution is 6.23. The first kappa shape index (κ1) is 13.9. The predicted molar refractivity (Wildman–Crippen MR) is 84.4 cm³/mol. The van der Waals surface area contributed by atoms with Gasteiger partial charge in [0.15, 0.2) is 17.3 Å². The van der Waals surface area contributed by atoms with Gasteiger partial charge in [0.2, 0.25) is 0 Å². The van der Waals surface area contributed by atoms with Crippen molar-refractivity contribution < 1.29 is 14.4 Å². The van der Waals surface area contributed by atoms with E-state index in [1.807, 2.05) is 0 Å². The minimum atomic E-state index is -0.228. The molecule has 0 unspecified atom stereocenters. The molecule has 1 aliphatic carbocycles. The Labute approximate surface area is 127 Å². The molecule has 3 rings (SSSR count). The molecule has 3 nitrogen and oxygen atoms in total. The van der Waals surface area contributed by atoms with Crippen molar-refractivity contribution in [2.45, 2.75) is 0 Å². The molecule has 0 radical (unpaired) electrons. The second kappa shape index (κ2) is 5.04. The summed E-state index contributed by atoms with van der Waals surface area (Å²) in [4.78, 5) is 35.9. The third kappa shape index (κ3) is 1.95. The summed E-state index contributed by atoms with van der Waals surface area (Å²) in [5.74, 6) is -0.634. The fourth-order valence-corrected chi connectivity index (χ4v) is 2.62.